The van der Waals surface area contributed by atoms with Gasteiger partial charge in [-0.3, -0.25) is 4.79 Å². The number of hydrogen-bond donors (Lipinski definition) is 1. The van der Waals surface area contributed by atoms with E-state index in [4.69, 9.17) is 18.6 Å². The maximum Gasteiger partial charge on any atom is 0.347 e. The van der Waals surface area contributed by atoms with E-state index in [1.165, 1.54) is 13.4 Å². The highest BCUT2D eigenvalue weighted by Crippen LogP contribution is 2.51. The minimum absolute atomic E-state index is 0.0954. The van der Waals surface area contributed by atoms with Crippen LogP contribution in [0.5, 0.6) is 11.5 Å². The van der Waals surface area contributed by atoms with E-state index >= 15 is 0 Å². The number of carbonyl (C=O) groups is 1. The predicted molar refractivity (Wildman–Crippen MR) is 80.3 cm³/mol. The number of ketones is 1. The number of methoxy groups -OCH3 is 1. The van der Waals surface area contributed by atoms with E-state index in [0.29, 0.717) is 22.4 Å². The van der Waals surface area contributed by atoms with Gasteiger partial charge in [0, 0.05) is 18.1 Å². The van der Waals surface area contributed by atoms with Crippen molar-refractivity contribution >= 4 is 16.8 Å². The fraction of sp³-hybridized carbons (Fsp3) is 0.294. The minimum Gasteiger partial charge on any atom is -0.496 e. The SMILES string of the molecule is COc1cc2c(c3oc(=O)c4c(c13)[C@@H](O)CC4=O)[C@H]1C=CO[C@H]1O2. The lowest BCUT2D eigenvalue weighted by Gasteiger charge is -2.14. The molecule has 0 spiro atoms. The van der Waals surface area contributed by atoms with Crippen molar-refractivity contribution in [3.8, 4) is 11.5 Å². The van der Waals surface area contributed by atoms with Gasteiger partial charge in [-0.25, -0.2) is 4.79 Å². The van der Waals surface area contributed by atoms with Crippen LogP contribution in [-0.2, 0) is 4.74 Å². The lowest BCUT2D eigenvalue weighted by Crippen LogP contribution is -2.15. The summed E-state index contributed by atoms with van der Waals surface area (Å²) in [7, 11) is 1.47. The summed E-state index contributed by atoms with van der Waals surface area (Å²) in [6.07, 6.45) is 1.65. The van der Waals surface area contributed by atoms with Crippen molar-refractivity contribution in [3.05, 3.63) is 45.5 Å². The molecule has 7 nitrogen and oxygen atoms in total. The highest BCUT2D eigenvalue weighted by atomic mass is 16.7. The third kappa shape index (κ3) is 1.50. The first kappa shape index (κ1) is 13.6. The molecule has 3 heterocycles. The molecule has 2 aliphatic heterocycles. The van der Waals surface area contributed by atoms with Crippen molar-refractivity contribution in [1.29, 1.82) is 0 Å². The molecule has 0 bridgehead atoms. The summed E-state index contributed by atoms with van der Waals surface area (Å²) in [5.74, 6) is 0.236. The van der Waals surface area contributed by atoms with Crippen LogP contribution >= 0.6 is 0 Å². The van der Waals surface area contributed by atoms with E-state index in [-0.39, 0.29) is 29.0 Å². The minimum atomic E-state index is -1.06. The van der Waals surface area contributed by atoms with E-state index in [1.807, 2.05) is 6.08 Å². The quantitative estimate of drug-likeness (QED) is 0.797. The first-order valence-electron chi connectivity index (χ1n) is 7.51. The molecule has 0 unspecified atom stereocenters. The fourth-order valence-electron chi connectivity index (χ4n) is 3.76. The lowest BCUT2D eigenvalue weighted by atomic mass is 9.95. The second kappa shape index (κ2) is 4.39. The summed E-state index contributed by atoms with van der Waals surface area (Å²) in [6.45, 7) is 0. The average molecular weight is 328 g/mol. The molecule has 3 atom stereocenters. The molecule has 24 heavy (non-hydrogen) atoms. The predicted octanol–water partition coefficient (Wildman–Crippen LogP) is 1.77. The maximum absolute atomic E-state index is 12.3. The van der Waals surface area contributed by atoms with Gasteiger partial charge in [0.2, 0.25) is 0 Å². The fourth-order valence-corrected chi connectivity index (χ4v) is 3.76. The number of ether oxygens (including phenoxy) is 3. The molecule has 1 aromatic heterocycles. The van der Waals surface area contributed by atoms with Gasteiger partial charge in [-0.1, -0.05) is 0 Å². The van der Waals surface area contributed by atoms with Gasteiger partial charge in [0.25, 0.3) is 6.29 Å². The van der Waals surface area contributed by atoms with Crippen molar-refractivity contribution in [2.75, 3.05) is 7.11 Å². The van der Waals surface area contributed by atoms with Gasteiger partial charge in [0.1, 0.15) is 22.6 Å². The van der Waals surface area contributed by atoms with Gasteiger partial charge in [-0.05, 0) is 6.08 Å². The molecule has 7 heteroatoms. The molecule has 1 aromatic carbocycles. The van der Waals surface area contributed by atoms with Crippen LogP contribution in [0.15, 0.2) is 27.6 Å². The van der Waals surface area contributed by atoms with Crippen LogP contribution in [0.25, 0.3) is 11.0 Å². The maximum atomic E-state index is 12.3. The van der Waals surface area contributed by atoms with Crippen molar-refractivity contribution < 1.29 is 28.5 Å². The van der Waals surface area contributed by atoms with Crippen LogP contribution < -0.4 is 15.1 Å². The summed E-state index contributed by atoms with van der Waals surface area (Å²) in [4.78, 5) is 24.4. The second-order valence-corrected chi connectivity index (χ2v) is 5.99. The summed E-state index contributed by atoms with van der Waals surface area (Å²) in [5.41, 5.74) is 0.362. The summed E-state index contributed by atoms with van der Waals surface area (Å²) in [6, 6.07) is 1.67. The number of aliphatic hydroxyl groups is 1. The number of Topliss-reactive ketones (excluding diaryl/α,β-unsaturated/α-hetero) is 1. The van der Waals surface area contributed by atoms with Crippen LogP contribution in [0.3, 0.4) is 0 Å². The zero-order valence-corrected chi connectivity index (χ0v) is 12.6. The van der Waals surface area contributed by atoms with Crippen LogP contribution in [0.1, 0.15) is 39.9 Å². The van der Waals surface area contributed by atoms with Crippen molar-refractivity contribution in [2.24, 2.45) is 0 Å². The molecule has 0 fully saturated rings. The first-order valence-corrected chi connectivity index (χ1v) is 7.51. The molecule has 0 radical (unpaired) electrons. The number of carbonyl (C=O) groups excluding carboxylic acids is 1. The molecule has 1 N–H and O–H groups in total. The first-order chi connectivity index (χ1) is 11.6. The van der Waals surface area contributed by atoms with Crippen molar-refractivity contribution in [3.63, 3.8) is 0 Å². The number of rotatable bonds is 1. The molecular weight excluding hydrogens is 316 g/mol. The highest BCUT2D eigenvalue weighted by Gasteiger charge is 2.43. The van der Waals surface area contributed by atoms with Gasteiger partial charge in [0.15, 0.2) is 5.78 Å². The molecule has 5 rings (SSSR count). The second-order valence-electron chi connectivity index (χ2n) is 5.99. The zero-order valence-electron chi connectivity index (χ0n) is 12.6. The molecule has 0 saturated carbocycles. The van der Waals surface area contributed by atoms with Crippen molar-refractivity contribution in [2.45, 2.75) is 24.7 Å². The van der Waals surface area contributed by atoms with Gasteiger partial charge in [-0.15, -0.1) is 0 Å². The third-order valence-corrected chi connectivity index (χ3v) is 4.76. The Labute approximate surface area is 135 Å². The summed E-state index contributed by atoms with van der Waals surface area (Å²) >= 11 is 0. The molecule has 1 aliphatic carbocycles. The molecule has 0 saturated heterocycles. The Morgan fingerprint density at radius 3 is 2.92 bits per heavy atom. The Bertz CT molecular complexity index is 1000. The van der Waals surface area contributed by atoms with E-state index in [1.54, 1.807) is 6.07 Å². The Morgan fingerprint density at radius 2 is 2.12 bits per heavy atom. The highest BCUT2D eigenvalue weighted by molar-refractivity contribution is 6.07. The van der Waals surface area contributed by atoms with Crippen LogP contribution in [0.2, 0.25) is 0 Å². The van der Waals surface area contributed by atoms with Crippen LogP contribution in [-0.4, -0.2) is 24.3 Å². The third-order valence-electron chi connectivity index (χ3n) is 4.76. The Morgan fingerprint density at radius 1 is 1.29 bits per heavy atom. The van der Waals surface area contributed by atoms with Crippen LogP contribution in [0.4, 0.5) is 0 Å². The molecular formula is C17H12O7. The van der Waals surface area contributed by atoms with E-state index in [0.717, 1.165) is 0 Å². The molecule has 2 aromatic rings. The zero-order chi connectivity index (χ0) is 16.6. The smallest absolute Gasteiger partial charge is 0.347 e. The Hall–Kier alpha value is -2.80. The molecule has 0 amide bonds. The van der Waals surface area contributed by atoms with Gasteiger partial charge in [0.05, 0.1) is 36.3 Å². The molecule has 122 valence electrons. The normalized spacial score (nSPS) is 26.1. The topological polar surface area (TPSA) is 95.2 Å². The standard InChI is InChI=1S/C17H12O7/c1-21-9-5-10-11(6-2-3-22-17(6)23-10)15-14(9)12-7(18)4-8(19)13(12)16(20)24-15/h2-3,5-7,17-18H,4H2,1H3/t6-,7+,17+/m1/s1. The monoisotopic (exact) mass is 328 g/mol. The lowest BCUT2D eigenvalue weighted by molar-refractivity contribution is -0.00485. The average Bonchev–Trinajstić information content (AvgIpc) is 3.19. The largest absolute Gasteiger partial charge is 0.496 e. The number of aliphatic hydroxyl groups excluding tert-OH is 1. The number of hydrogen-bond acceptors (Lipinski definition) is 7. The van der Waals surface area contributed by atoms with E-state index in [2.05, 4.69) is 0 Å². The Kier molecular flexibility index (Phi) is 2.49. The Balaban J connectivity index is 1.96. The summed E-state index contributed by atoms with van der Waals surface area (Å²) in [5, 5.41) is 10.7. The van der Waals surface area contributed by atoms with E-state index < -0.39 is 23.8 Å². The number of fused-ring (bicyclic) bond motifs is 7. The van der Waals surface area contributed by atoms with Gasteiger partial charge < -0.3 is 23.7 Å². The molecule has 3 aliphatic rings. The van der Waals surface area contributed by atoms with E-state index in [9.17, 15) is 14.7 Å². The summed E-state index contributed by atoms with van der Waals surface area (Å²) < 4.78 is 22.0. The van der Waals surface area contributed by atoms with Gasteiger partial charge in [-0.2, -0.15) is 0 Å². The van der Waals surface area contributed by atoms with Crippen LogP contribution in [0, 0.1) is 0 Å². The van der Waals surface area contributed by atoms with Crippen molar-refractivity contribution in [1.82, 2.24) is 0 Å². The van der Waals surface area contributed by atoms with Gasteiger partial charge >= 0.3 is 5.63 Å². The number of benzene rings is 1.